The van der Waals surface area contributed by atoms with Crippen LogP contribution in [0.4, 0.5) is 5.69 Å². The minimum absolute atomic E-state index is 0.0424. The normalized spacial score (nSPS) is 15.2. The van der Waals surface area contributed by atoms with Crippen LogP contribution in [0.15, 0.2) is 42.7 Å². The van der Waals surface area contributed by atoms with Crippen LogP contribution < -0.4 is 5.32 Å². The zero-order valence-electron chi connectivity index (χ0n) is 13.9. The minimum Gasteiger partial charge on any atom is -0.323 e. The van der Waals surface area contributed by atoms with E-state index in [1.165, 1.54) is 12.4 Å². The second-order valence-electron chi connectivity index (χ2n) is 6.23. The van der Waals surface area contributed by atoms with Gasteiger partial charge in [0.2, 0.25) is 5.91 Å². The van der Waals surface area contributed by atoms with Crippen molar-refractivity contribution in [3.63, 3.8) is 0 Å². The standard InChI is InChI=1S/C18H21N3O3S/c22-17(10-11-25(23,24)16-8-4-5-9-16)21-15-12-19-18(20-13-15)14-6-2-1-3-7-14/h1-3,6-7,12-13,16H,4-5,8-11H2,(H,21,22). The Morgan fingerprint density at radius 1 is 1.08 bits per heavy atom. The van der Waals surface area contributed by atoms with Crippen LogP contribution in [-0.4, -0.2) is 35.3 Å². The maximum atomic E-state index is 12.2. The highest BCUT2D eigenvalue weighted by Gasteiger charge is 2.28. The van der Waals surface area contributed by atoms with E-state index in [0.29, 0.717) is 11.5 Å². The van der Waals surface area contributed by atoms with E-state index in [9.17, 15) is 13.2 Å². The lowest BCUT2D eigenvalue weighted by Crippen LogP contribution is -2.24. The number of sulfone groups is 1. The smallest absolute Gasteiger partial charge is 0.225 e. The van der Waals surface area contributed by atoms with Crippen molar-refractivity contribution < 1.29 is 13.2 Å². The number of benzene rings is 1. The fraction of sp³-hybridized carbons (Fsp3) is 0.389. The monoisotopic (exact) mass is 359 g/mol. The molecule has 0 saturated heterocycles. The van der Waals surface area contributed by atoms with Gasteiger partial charge in [-0.05, 0) is 12.8 Å². The third kappa shape index (κ3) is 4.63. The second kappa shape index (κ2) is 7.74. The van der Waals surface area contributed by atoms with E-state index < -0.39 is 9.84 Å². The van der Waals surface area contributed by atoms with Crippen LogP contribution in [0.25, 0.3) is 11.4 Å². The minimum atomic E-state index is -3.18. The van der Waals surface area contributed by atoms with Gasteiger partial charge in [0.05, 0.1) is 29.1 Å². The van der Waals surface area contributed by atoms with E-state index in [1.54, 1.807) is 0 Å². The van der Waals surface area contributed by atoms with Crippen molar-refractivity contribution in [2.75, 3.05) is 11.1 Å². The fourth-order valence-corrected chi connectivity index (χ4v) is 4.86. The van der Waals surface area contributed by atoms with Gasteiger partial charge in [-0.2, -0.15) is 0 Å². The van der Waals surface area contributed by atoms with Crippen molar-refractivity contribution in [3.05, 3.63) is 42.7 Å². The molecule has 2 aromatic rings. The molecule has 0 spiro atoms. The molecule has 0 bridgehead atoms. The predicted molar refractivity (Wildman–Crippen MR) is 96.8 cm³/mol. The second-order valence-corrected chi connectivity index (χ2v) is 8.63. The Morgan fingerprint density at radius 2 is 1.72 bits per heavy atom. The molecular weight excluding hydrogens is 338 g/mol. The Kier molecular flexibility index (Phi) is 5.43. The highest BCUT2D eigenvalue weighted by Crippen LogP contribution is 2.25. The molecule has 3 rings (SSSR count). The number of anilines is 1. The van der Waals surface area contributed by atoms with E-state index in [2.05, 4.69) is 15.3 Å². The number of hydrogen-bond donors (Lipinski definition) is 1. The number of carbonyl (C=O) groups is 1. The Balaban J connectivity index is 1.54. The third-order valence-electron chi connectivity index (χ3n) is 4.39. The maximum absolute atomic E-state index is 12.2. The van der Waals surface area contributed by atoms with Crippen LogP contribution in [-0.2, 0) is 14.6 Å². The van der Waals surface area contributed by atoms with Crippen LogP contribution in [0.2, 0.25) is 0 Å². The van der Waals surface area contributed by atoms with Gasteiger partial charge >= 0.3 is 0 Å². The van der Waals surface area contributed by atoms with Gasteiger partial charge in [-0.25, -0.2) is 18.4 Å². The average Bonchev–Trinajstić information content (AvgIpc) is 3.17. The summed E-state index contributed by atoms with van der Waals surface area (Å²) in [6.45, 7) is 0. The topological polar surface area (TPSA) is 89.0 Å². The molecule has 1 aromatic heterocycles. The number of rotatable bonds is 6. The lowest BCUT2D eigenvalue weighted by molar-refractivity contribution is -0.115. The first-order valence-corrected chi connectivity index (χ1v) is 10.1. The molecular formula is C18H21N3O3S. The first-order chi connectivity index (χ1) is 12.0. The SMILES string of the molecule is O=C(CCS(=O)(=O)C1CCCC1)Nc1cnc(-c2ccccc2)nc1. The summed E-state index contributed by atoms with van der Waals surface area (Å²) in [5.41, 5.74) is 1.35. The quantitative estimate of drug-likeness (QED) is 0.857. The van der Waals surface area contributed by atoms with Gasteiger partial charge in [0.1, 0.15) is 0 Å². The van der Waals surface area contributed by atoms with E-state index in [4.69, 9.17) is 0 Å². The zero-order chi connectivity index (χ0) is 17.7. The van der Waals surface area contributed by atoms with Crippen LogP contribution in [0, 0.1) is 0 Å². The molecule has 0 atom stereocenters. The largest absolute Gasteiger partial charge is 0.323 e. The Labute approximate surface area is 147 Å². The molecule has 132 valence electrons. The molecule has 1 fully saturated rings. The van der Waals surface area contributed by atoms with Gasteiger partial charge in [0, 0.05) is 12.0 Å². The molecule has 6 nitrogen and oxygen atoms in total. The van der Waals surface area contributed by atoms with Gasteiger partial charge in [-0.1, -0.05) is 43.2 Å². The summed E-state index contributed by atoms with van der Waals surface area (Å²) in [5.74, 6) is 0.131. The number of aromatic nitrogens is 2. The van der Waals surface area contributed by atoms with Crippen molar-refractivity contribution in [1.82, 2.24) is 9.97 Å². The lowest BCUT2D eigenvalue weighted by atomic mass is 10.2. The van der Waals surface area contributed by atoms with Crippen molar-refractivity contribution in [1.29, 1.82) is 0 Å². The lowest BCUT2D eigenvalue weighted by Gasteiger charge is -2.11. The van der Waals surface area contributed by atoms with Gasteiger partial charge in [0.15, 0.2) is 15.7 Å². The summed E-state index contributed by atoms with van der Waals surface area (Å²) in [7, 11) is -3.18. The van der Waals surface area contributed by atoms with Crippen molar-refractivity contribution in [2.24, 2.45) is 0 Å². The van der Waals surface area contributed by atoms with E-state index >= 15 is 0 Å². The molecule has 1 aromatic carbocycles. The van der Waals surface area contributed by atoms with Crippen molar-refractivity contribution in [3.8, 4) is 11.4 Å². The number of amides is 1. The van der Waals surface area contributed by atoms with Crippen LogP contribution >= 0.6 is 0 Å². The summed E-state index contributed by atoms with van der Waals surface area (Å²) in [5, 5.41) is 2.39. The number of carbonyl (C=O) groups excluding carboxylic acids is 1. The van der Waals surface area contributed by atoms with Crippen LogP contribution in [0.5, 0.6) is 0 Å². The molecule has 1 aliphatic rings. The van der Waals surface area contributed by atoms with Gasteiger partial charge in [-0.15, -0.1) is 0 Å². The van der Waals surface area contributed by atoms with Crippen molar-refractivity contribution >= 4 is 21.4 Å². The first kappa shape index (κ1) is 17.5. The van der Waals surface area contributed by atoms with Gasteiger partial charge in [-0.3, -0.25) is 4.79 Å². The zero-order valence-corrected chi connectivity index (χ0v) is 14.7. The highest BCUT2D eigenvalue weighted by atomic mass is 32.2. The van der Waals surface area contributed by atoms with Gasteiger partial charge in [0.25, 0.3) is 0 Å². The molecule has 0 unspecified atom stereocenters. The maximum Gasteiger partial charge on any atom is 0.225 e. The molecule has 1 aliphatic carbocycles. The van der Waals surface area contributed by atoms with Crippen molar-refractivity contribution in [2.45, 2.75) is 37.4 Å². The highest BCUT2D eigenvalue weighted by molar-refractivity contribution is 7.92. The molecule has 7 heteroatoms. The average molecular weight is 359 g/mol. The Hall–Kier alpha value is -2.28. The summed E-state index contributed by atoms with van der Waals surface area (Å²) >= 11 is 0. The first-order valence-electron chi connectivity index (χ1n) is 8.43. The summed E-state index contributed by atoms with van der Waals surface area (Å²) in [6, 6.07) is 9.53. The van der Waals surface area contributed by atoms with Crippen LogP contribution in [0.1, 0.15) is 32.1 Å². The summed E-state index contributed by atoms with van der Waals surface area (Å²) in [4.78, 5) is 20.5. The molecule has 1 saturated carbocycles. The van der Waals surface area contributed by atoms with E-state index in [1.807, 2.05) is 30.3 Å². The van der Waals surface area contributed by atoms with Crippen LogP contribution in [0.3, 0.4) is 0 Å². The third-order valence-corrected chi connectivity index (χ3v) is 6.65. The Morgan fingerprint density at radius 3 is 2.36 bits per heavy atom. The summed E-state index contributed by atoms with van der Waals surface area (Å²) in [6.07, 6.45) is 6.37. The molecule has 1 N–H and O–H groups in total. The predicted octanol–water partition coefficient (Wildman–Crippen LogP) is 2.83. The Bertz CT molecular complexity index is 814. The molecule has 1 amide bonds. The number of hydrogen-bond acceptors (Lipinski definition) is 5. The summed E-state index contributed by atoms with van der Waals surface area (Å²) < 4.78 is 24.4. The number of nitrogens with zero attached hydrogens (tertiary/aromatic N) is 2. The molecule has 25 heavy (non-hydrogen) atoms. The fourth-order valence-electron chi connectivity index (χ4n) is 3.00. The van der Waals surface area contributed by atoms with Gasteiger partial charge < -0.3 is 5.32 Å². The molecule has 1 heterocycles. The number of nitrogens with one attached hydrogen (secondary N) is 1. The molecule has 0 aliphatic heterocycles. The molecule has 0 radical (unpaired) electrons. The van der Waals surface area contributed by atoms with E-state index in [-0.39, 0.29) is 23.3 Å². The van der Waals surface area contributed by atoms with E-state index in [0.717, 1.165) is 31.2 Å².